The lowest BCUT2D eigenvalue weighted by atomic mass is 9.96. The van der Waals surface area contributed by atoms with Crippen LogP contribution in [0.1, 0.15) is 48.7 Å². The molecule has 0 spiro atoms. The fourth-order valence-corrected chi connectivity index (χ4v) is 6.83. The molecular weight excluding hydrogens is 446 g/mol. The van der Waals surface area contributed by atoms with Crippen LogP contribution in [0.2, 0.25) is 0 Å². The molecule has 2 aliphatic heterocycles. The van der Waals surface area contributed by atoms with E-state index in [0.717, 1.165) is 18.4 Å². The number of carbonyl (C=O) groups excluding carboxylic acids is 1. The first-order valence-electron chi connectivity index (χ1n) is 11.2. The summed E-state index contributed by atoms with van der Waals surface area (Å²) in [5, 5.41) is 3.79. The van der Waals surface area contributed by atoms with Gasteiger partial charge in [-0.1, -0.05) is 5.16 Å². The highest BCUT2D eigenvalue weighted by molar-refractivity contribution is 7.89. The third-order valence-corrected chi connectivity index (χ3v) is 8.74. The van der Waals surface area contributed by atoms with E-state index >= 15 is 0 Å². The van der Waals surface area contributed by atoms with Gasteiger partial charge >= 0.3 is 0 Å². The Morgan fingerprint density at radius 2 is 1.88 bits per heavy atom. The normalized spacial score (nSPS) is 21.9. The maximum Gasteiger partial charge on any atom is 0.248 e. The number of benzene rings is 1. The van der Waals surface area contributed by atoms with Crippen LogP contribution < -0.4 is 9.47 Å². The lowest BCUT2D eigenvalue weighted by molar-refractivity contribution is -0.137. The van der Waals surface area contributed by atoms with E-state index < -0.39 is 10.0 Å². The minimum atomic E-state index is -3.78. The lowest BCUT2D eigenvalue weighted by Crippen LogP contribution is -2.46. The quantitative estimate of drug-likeness (QED) is 0.630. The Balaban J connectivity index is 1.55. The first-order chi connectivity index (χ1) is 15.8. The molecule has 2 saturated heterocycles. The number of carbonyl (C=O) groups is 1. The van der Waals surface area contributed by atoms with E-state index in [1.807, 2.05) is 23.1 Å². The number of nitrogens with zero attached hydrogens (tertiary/aromatic N) is 3. The maximum absolute atomic E-state index is 13.6. The van der Waals surface area contributed by atoms with Crippen LogP contribution in [0.25, 0.3) is 0 Å². The molecule has 2 atom stereocenters. The molecule has 9 nitrogen and oxygen atoms in total. The van der Waals surface area contributed by atoms with Crippen LogP contribution in [0.4, 0.5) is 0 Å². The van der Waals surface area contributed by atoms with Gasteiger partial charge in [0, 0.05) is 31.3 Å². The second-order valence-electron chi connectivity index (χ2n) is 8.65. The molecule has 10 heteroatoms. The van der Waals surface area contributed by atoms with Gasteiger partial charge in [-0.05, 0) is 51.7 Å². The molecule has 0 aliphatic carbocycles. The Morgan fingerprint density at radius 1 is 1.12 bits per heavy atom. The molecule has 2 unspecified atom stereocenters. The van der Waals surface area contributed by atoms with Crippen molar-refractivity contribution in [2.45, 2.75) is 50.5 Å². The van der Waals surface area contributed by atoms with Crippen LogP contribution in [-0.4, -0.2) is 62.5 Å². The van der Waals surface area contributed by atoms with Crippen molar-refractivity contribution in [1.82, 2.24) is 14.4 Å². The van der Waals surface area contributed by atoms with Gasteiger partial charge in [0.25, 0.3) is 0 Å². The van der Waals surface area contributed by atoms with Crippen LogP contribution in [0.3, 0.4) is 0 Å². The van der Waals surface area contributed by atoms with Crippen molar-refractivity contribution in [3.05, 3.63) is 35.2 Å². The zero-order chi connectivity index (χ0) is 23.8. The van der Waals surface area contributed by atoms with Crippen LogP contribution in [0.15, 0.2) is 27.6 Å². The highest BCUT2D eigenvalue weighted by Crippen LogP contribution is 2.40. The first-order valence-corrected chi connectivity index (χ1v) is 12.7. The largest absolute Gasteiger partial charge is 0.497 e. The van der Waals surface area contributed by atoms with Gasteiger partial charge in [0.05, 0.1) is 26.2 Å². The number of aryl methyl sites for hydroxylation is 2. The van der Waals surface area contributed by atoms with E-state index in [2.05, 4.69) is 5.16 Å². The van der Waals surface area contributed by atoms with E-state index in [1.54, 1.807) is 28.1 Å². The number of rotatable bonds is 6. The zero-order valence-corrected chi connectivity index (χ0v) is 20.4. The van der Waals surface area contributed by atoms with Crippen LogP contribution in [0, 0.1) is 19.8 Å². The molecule has 2 aromatic rings. The summed E-state index contributed by atoms with van der Waals surface area (Å²) in [5.74, 6) is 1.25. The minimum Gasteiger partial charge on any atom is -0.497 e. The number of likely N-dealkylation sites (tertiary alicyclic amines) is 1. The van der Waals surface area contributed by atoms with Crippen LogP contribution >= 0.6 is 0 Å². The van der Waals surface area contributed by atoms with E-state index in [0.29, 0.717) is 43.1 Å². The molecular formula is C23H31N3O6S. The molecule has 180 valence electrons. The monoisotopic (exact) mass is 477 g/mol. The Morgan fingerprint density at radius 3 is 2.55 bits per heavy atom. The van der Waals surface area contributed by atoms with Crippen molar-refractivity contribution in [2.75, 3.05) is 33.9 Å². The number of piperidine rings is 1. The average Bonchev–Trinajstić information content (AvgIpc) is 3.44. The highest BCUT2D eigenvalue weighted by Gasteiger charge is 2.40. The predicted molar refractivity (Wildman–Crippen MR) is 121 cm³/mol. The number of hydrogen-bond donors (Lipinski definition) is 0. The smallest absolute Gasteiger partial charge is 0.248 e. The van der Waals surface area contributed by atoms with E-state index in [1.165, 1.54) is 4.31 Å². The summed E-state index contributed by atoms with van der Waals surface area (Å²) >= 11 is 0. The van der Waals surface area contributed by atoms with Gasteiger partial charge in [-0.15, -0.1) is 0 Å². The number of hydrogen-bond acceptors (Lipinski definition) is 7. The molecule has 3 heterocycles. The molecule has 1 amide bonds. The van der Waals surface area contributed by atoms with E-state index in [4.69, 9.17) is 14.0 Å². The molecule has 0 N–H and O–H groups in total. The number of ether oxygens (including phenoxy) is 2. The van der Waals surface area contributed by atoms with Gasteiger partial charge in [-0.25, -0.2) is 8.42 Å². The molecule has 2 fully saturated rings. The first kappa shape index (κ1) is 23.6. The number of methoxy groups -OCH3 is 2. The molecule has 0 bridgehead atoms. The molecule has 0 radical (unpaired) electrons. The zero-order valence-electron chi connectivity index (χ0n) is 19.5. The summed E-state index contributed by atoms with van der Waals surface area (Å²) in [4.78, 5) is 15.6. The Labute approximate surface area is 194 Å². The van der Waals surface area contributed by atoms with Gasteiger partial charge in [0.2, 0.25) is 15.9 Å². The van der Waals surface area contributed by atoms with Crippen molar-refractivity contribution in [3.63, 3.8) is 0 Å². The number of aromatic nitrogens is 1. The maximum atomic E-state index is 13.6. The number of amides is 1. The molecule has 1 aromatic heterocycles. The molecule has 4 rings (SSSR count). The SMILES string of the molecule is COc1ccc(C2CCCN2C(=O)C2CCCN(S(=O)(=O)c3c(C)noc3C)C2)c(OC)c1. The van der Waals surface area contributed by atoms with Crippen molar-refractivity contribution in [1.29, 1.82) is 0 Å². The van der Waals surface area contributed by atoms with E-state index in [9.17, 15) is 13.2 Å². The molecule has 33 heavy (non-hydrogen) atoms. The van der Waals surface area contributed by atoms with Gasteiger partial charge in [-0.2, -0.15) is 4.31 Å². The number of sulfonamides is 1. The predicted octanol–water partition coefficient (Wildman–Crippen LogP) is 3.07. The Hall–Kier alpha value is -2.59. The fraction of sp³-hybridized carbons (Fsp3) is 0.565. The summed E-state index contributed by atoms with van der Waals surface area (Å²) in [7, 11) is -0.570. The van der Waals surface area contributed by atoms with Gasteiger partial charge in [-0.3, -0.25) is 4.79 Å². The topological polar surface area (TPSA) is 102 Å². The van der Waals surface area contributed by atoms with Crippen molar-refractivity contribution in [3.8, 4) is 11.5 Å². The summed E-state index contributed by atoms with van der Waals surface area (Å²) < 4.78 is 43.9. The van der Waals surface area contributed by atoms with Crippen molar-refractivity contribution < 1.29 is 27.2 Å². The third kappa shape index (κ3) is 4.33. The second kappa shape index (κ2) is 9.34. The summed E-state index contributed by atoms with van der Waals surface area (Å²) in [6.45, 7) is 4.40. The summed E-state index contributed by atoms with van der Waals surface area (Å²) in [6.07, 6.45) is 3.01. The highest BCUT2D eigenvalue weighted by atomic mass is 32.2. The molecule has 0 saturated carbocycles. The van der Waals surface area contributed by atoms with Crippen molar-refractivity contribution in [2.24, 2.45) is 5.92 Å². The van der Waals surface area contributed by atoms with Crippen LogP contribution in [-0.2, 0) is 14.8 Å². The Bertz CT molecular complexity index is 1110. The van der Waals surface area contributed by atoms with Gasteiger partial charge in [0.15, 0.2) is 5.76 Å². The average molecular weight is 478 g/mol. The Kier molecular flexibility index (Phi) is 6.67. The standard InChI is InChI=1S/C23H31N3O6S/c1-15-22(16(2)32-24-15)33(28,29)25-11-5-7-17(14-25)23(27)26-12-6-8-20(26)19-10-9-18(30-3)13-21(19)31-4/h9-10,13,17,20H,5-8,11-12,14H2,1-4H3. The second-order valence-corrected chi connectivity index (χ2v) is 10.5. The summed E-state index contributed by atoms with van der Waals surface area (Å²) in [6, 6.07) is 5.54. The molecule has 2 aliphatic rings. The van der Waals surface area contributed by atoms with E-state index in [-0.39, 0.29) is 35.1 Å². The van der Waals surface area contributed by atoms with Gasteiger partial charge in [0.1, 0.15) is 22.1 Å². The lowest BCUT2D eigenvalue weighted by Gasteiger charge is -2.35. The fourth-order valence-electron chi connectivity index (χ4n) is 5.02. The summed E-state index contributed by atoms with van der Waals surface area (Å²) in [5.41, 5.74) is 1.28. The minimum absolute atomic E-state index is 0.00552. The molecule has 1 aromatic carbocycles. The third-order valence-electron chi connectivity index (χ3n) is 6.63. The van der Waals surface area contributed by atoms with Crippen molar-refractivity contribution >= 4 is 15.9 Å². The van der Waals surface area contributed by atoms with Crippen LogP contribution in [0.5, 0.6) is 11.5 Å². The van der Waals surface area contributed by atoms with Gasteiger partial charge < -0.3 is 18.9 Å².